The molecule has 0 aromatic heterocycles. The van der Waals surface area contributed by atoms with Crippen LogP contribution < -0.4 is 0 Å². The highest BCUT2D eigenvalue weighted by atomic mass is 16.5. The van der Waals surface area contributed by atoms with Crippen LogP contribution in [0.2, 0.25) is 0 Å². The van der Waals surface area contributed by atoms with Gasteiger partial charge in [-0.2, -0.15) is 0 Å². The average molecular weight is 291 g/mol. The number of likely N-dealkylation sites (tertiary alicyclic amines) is 1. The van der Waals surface area contributed by atoms with Gasteiger partial charge in [0.1, 0.15) is 11.3 Å². The third-order valence-corrected chi connectivity index (χ3v) is 3.82. The number of amides is 1. The summed E-state index contributed by atoms with van der Waals surface area (Å²) in [6, 6.07) is 4.90. The molecule has 1 saturated heterocycles. The van der Waals surface area contributed by atoms with Crippen molar-refractivity contribution in [1.29, 1.82) is 0 Å². The second-order valence-electron chi connectivity index (χ2n) is 5.53. The molecule has 2 rings (SSSR count). The predicted molar refractivity (Wildman–Crippen MR) is 78.2 cm³/mol. The normalized spacial score (nSPS) is 18.4. The van der Waals surface area contributed by atoms with Crippen molar-refractivity contribution in [2.24, 2.45) is 0 Å². The van der Waals surface area contributed by atoms with Crippen LogP contribution in [0.1, 0.15) is 42.1 Å². The number of rotatable bonds is 3. The Morgan fingerprint density at radius 1 is 1.38 bits per heavy atom. The minimum absolute atomic E-state index is 0.0834. The van der Waals surface area contributed by atoms with Crippen molar-refractivity contribution in [2.75, 3.05) is 13.2 Å². The number of aromatic hydroxyl groups is 1. The fourth-order valence-corrected chi connectivity index (χ4v) is 2.57. The first-order valence-corrected chi connectivity index (χ1v) is 7.25. The molecule has 114 valence electrons. The van der Waals surface area contributed by atoms with Crippen LogP contribution in [0.15, 0.2) is 18.2 Å². The Bertz CT molecular complexity index is 541. The van der Waals surface area contributed by atoms with E-state index in [0.29, 0.717) is 6.54 Å². The third-order valence-electron chi connectivity index (χ3n) is 3.82. The van der Waals surface area contributed by atoms with Crippen molar-refractivity contribution < 1.29 is 19.4 Å². The standard InChI is InChI=1S/C16H21NO4/c1-11-6-7-13(14(18)9-11)16(20)21-10-15(19)17-8-4-3-5-12(17)2/h6-7,9,12,18H,3-5,8,10H2,1-2H3/t12-/m0/s1. The Kier molecular flexibility index (Phi) is 4.83. The number of carbonyl (C=O) groups excluding carboxylic acids is 2. The van der Waals surface area contributed by atoms with Gasteiger partial charge in [-0.05, 0) is 50.8 Å². The molecule has 1 N–H and O–H groups in total. The predicted octanol–water partition coefficient (Wildman–Crippen LogP) is 2.26. The van der Waals surface area contributed by atoms with Gasteiger partial charge in [-0.15, -0.1) is 0 Å². The van der Waals surface area contributed by atoms with E-state index in [1.807, 2.05) is 13.8 Å². The maximum atomic E-state index is 12.1. The van der Waals surface area contributed by atoms with E-state index in [4.69, 9.17) is 4.74 Å². The molecule has 1 atom stereocenters. The van der Waals surface area contributed by atoms with Crippen LogP contribution in [-0.2, 0) is 9.53 Å². The number of esters is 1. The molecule has 0 radical (unpaired) electrons. The van der Waals surface area contributed by atoms with Crippen molar-refractivity contribution >= 4 is 11.9 Å². The number of benzene rings is 1. The second-order valence-corrected chi connectivity index (χ2v) is 5.53. The highest BCUT2D eigenvalue weighted by molar-refractivity contribution is 5.94. The van der Waals surface area contributed by atoms with Crippen LogP contribution in [-0.4, -0.2) is 41.1 Å². The molecule has 0 aliphatic carbocycles. The van der Waals surface area contributed by atoms with E-state index in [9.17, 15) is 14.7 Å². The Labute approximate surface area is 124 Å². The molecule has 0 unspecified atom stereocenters. The lowest BCUT2D eigenvalue weighted by molar-refractivity contribution is -0.137. The van der Waals surface area contributed by atoms with Gasteiger partial charge in [0, 0.05) is 12.6 Å². The van der Waals surface area contributed by atoms with E-state index in [2.05, 4.69) is 0 Å². The summed E-state index contributed by atoms with van der Waals surface area (Å²) in [4.78, 5) is 25.7. The SMILES string of the molecule is Cc1ccc(C(=O)OCC(=O)N2CCCC[C@@H]2C)c(O)c1. The van der Waals surface area contributed by atoms with Gasteiger partial charge in [0.2, 0.25) is 0 Å². The summed E-state index contributed by atoms with van der Waals surface area (Å²) in [7, 11) is 0. The fourth-order valence-electron chi connectivity index (χ4n) is 2.57. The van der Waals surface area contributed by atoms with Crippen LogP contribution in [0.25, 0.3) is 0 Å². The minimum atomic E-state index is -0.675. The molecule has 1 aromatic carbocycles. The zero-order valence-electron chi connectivity index (χ0n) is 12.5. The number of phenolic OH excluding ortho intramolecular Hbond substituents is 1. The summed E-state index contributed by atoms with van der Waals surface area (Å²) >= 11 is 0. The van der Waals surface area contributed by atoms with Crippen molar-refractivity contribution in [3.8, 4) is 5.75 Å². The zero-order chi connectivity index (χ0) is 15.4. The largest absolute Gasteiger partial charge is 0.507 e. The smallest absolute Gasteiger partial charge is 0.342 e. The monoisotopic (exact) mass is 291 g/mol. The zero-order valence-corrected chi connectivity index (χ0v) is 12.5. The van der Waals surface area contributed by atoms with Crippen molar-refractivity contribution in [2.45, 2.75) is 39.2 Å². The number of ether oxygens (including phenoxy) is 1. The molecule has 21 heavy (non-hydrogen) atoms. The number of hydrogen-bond acceptors (Lipinski definition) is 4. The Morgan fingerprint density at radius 2 is 2.14 bits per heavy atom. The molecule has 1 aromatic rings. The molecule has 0 saturated carbocycles. The molecular weight excluding hydrogens is 270 g/mol. The highest BCUT2D eigenvalue weighted by Crippen LogP contribution is 2.20. The molecular formula is C16H21NO4. The molecule has 5 heteroatoms. The molecule has 1 heterocycles. The molecule has 1 fully saturated rings. The minimum Gasteiger partial charge on any atom is -0.507 e. The van der Waals surface area contributed by atoms with Crippen LogP contribution in [0, 0.1) is 6.92 Å². The Hall–Kier alpha value is -2.04. The number of phenols is 1. The number of piperidine rings is 1. The van der Waals surface area contributed by atoms with Crippen molar-refractivity contribution in [3.63, 3.8) is 0 Å². The number of hydrogen-bond donors (Lipinski definition) is 1. The van der Waals surface area contributed by atoms with Gasteiger partial charge in [-0.3, -0.25) is 4.79 Å². The number of nitrogens with zero attached hydrogens (tertiary/aromatic N) is 1. The molecule has 1 amide bonds. The maximum Gasteiger partial charge on any atom is 0.342 e. The van der Waals surface area contributed by atoms with Crippen LogP contribution in [0.5, 0.6) is 5.75 Å². The highest BCUT2D eigenvalue weighted by Gasteiger charge is 2.24. The van der Waals surface area contributed by atoms with Gasteiger partial charge < -0.3 is 14.7 Å². The lowest BCUT2D eigenvalue weighted by Crippen LogP contribution is -2.44. The summed E-state index contributed by atoms with van der Waals surface area (Å²) in [5.41, 5.74) is 0.933. The van der Waals surface area contributed by atoms with E-state index in [1.54, 1.807) is 11.0 Å². The topological polar surface area (TPSA) is 66.8 Å². The van der Waals surface area contributed by atoms with E-state index >= 15 is 0 Å². The average Bonchev–Trinajstić information content (AvgIpc) is 2.45. The fraction of sp³-hybridized carbons (Fsp3) is 0.500. The van der Waals surface area contributed by atoms with Crippen molar-refractivity contribution in [1.82, 2.24) is 4.90 Å². The molecule has 1 aliphatic heterocycles. The summed E-state index contributed by atoms with van der Waals surface area (Å²) in [6.45, 7) is 4.25. The van der Waals surface area contributed by atoms with Gasteiger partial charge in [0.15, 0.2) is 6.61 Å². The van der Waals surface area contributed by atoms with Crippen LogP contribution in [0.3, 0.4) is 0 Å². The van der Waals surface area contributed by atoms with E-state index in [1.165, 1.54) is 12.1 Å². The van der Waals surface area contributed by atoms with Gasteiger partial charge in [0.05, 0.1) is 0 Å². The van der Waals surface area contributed by atoms with E-state index < -0.39 is 5.97 Å². The van der Waals surface area contributed by atoms with Gasteiger partial charge in [-0.25, -0.2) is 4.79 Å². The van der Waals surface area contributed by atoms with Gasteiger partial charge >= 0.3 is 5.97 Å². The summed E-state index contributed by atoms with van der Waals surface area (Å²) < 4.78 is 5.02. The summed E-state index contributed by atoms with van der Waals surface area (Å²) in [5, 5.41) is 9.72. The molecule has 5 nitrogen and oxygen atoms in total. The van der Waals surface area contributed by atoms with Gasteiger partial charge in [-0.1, -0.05) is 6.07 Å². The first-order valence-electron chi connectivity index (χ1n) is 7.25. The van der Waals surface area contributed by atoms with Crippen LogP contribution in [0.4, 0.5) is 0 Å². The Balaban J connectivity index is 1.92. The quantitative estimate of drug-likeness (QED) is 0.867. The molecule has 0 spiro atoms. The number of aryl methyl sites for hydroxylation is 1. The number of carbonyl (C=O) groups is 2. The summed E-state index contributed by atoms with van der Waals surface area (Å²) in [6.07, 6.45) is 3.10. The molecule has 1 aliphatic rings. The van der Waals surface area contributed by atoms with Gasteiger partial charge in [0.25, 0.3) is 5.91 Å². The molecule has 0 bridgehead atoms. The lowest BCUT2D eigenvalue weighted by Gasteiger charge is -2.33. The van der Waals surface area contributed by atoms with Crippen molar-refractivity contribution in [3.05, 3.63) is 29.3 Å². The summed E-state index contributed by atoms with van der Waals surface area (Å²) in [5.74, 6) is -0.980. The van der Waals surface area contributed by atoms with E-state index in [0.717, 1.165) is 24.8 Å². The maximum absolute atomic E-state index is 12.1. The first kappa shape index (κ1) is 15.4. The second kappa shape index (κ2) is 6.61. The van der Waals surface area contributed by atoms with Crippen LogP contribution >= 0.6 is 0 Å². The van der Waals surface area contributed by atoms with E-state index in [-0.39, 0.29) is 29.9 Å². The lowest BCUT2D eigenvalue weighted by atomic mass is 10.0. The Morgan fingerprint density at radius 3 is 2.81 bits per heavy atom. The first-order chi connectivity index (χ1) is 9.99. The third kappa shape index (κ3) is 3.74.